The normalized spacial score (nSPS) is 32.7. The van der Waals surface area contributed by atoms with E-state index in [1.54, 1.807) is 4.57 Å². The maximum atomic E-state index is 12.2. The van der Waals surface area contributed by atoms with E-state index in [-0.39, 0.29) is 23.1 Å². The van der Waals surface area contributed by atoms with Crippen LogP contribution in [0, 0.1) is 11.8 Å². The van der Waals surface area contributed by atoms with Gasteiger partial charge in [0.05, 0.1) is 11.7 Å². The second kappa shape index (κ2) is 3.58. The van der Waals surface area contributed by atoms with Crippen molar-refractivity contribution < 1.29 is 5.11 Å². The van der Waals surface area contributed by atoms with Gasteiger partial charge in [-0.3, -0.25) is 4.57 Å². The summed E-state index contributed by atoms with van der Waals surface area (Å²) in [7, 11) is 0. The van der Waals surface area contributed by atoms with Gasteiger partial charge >= 0.3 is 5.69 Å². The maximum absolute atomic E-state index is 12.2. The molecule has 0 radical (unpaired) electrons. The van der Waals surface area contributed by atoms with E-state index in [0.29, 0.717) is 23.0 Å². The fourth-order valence-electron chi connectivity index (χ4n) is 3.88. The number of rotatable bonds is 2. The summed E-state index contributed by atoms with van der Waals surface area (Å²) in [5.74, 6) is 0.827. The van der Waals surface area contributed by atoms with Gasteiger partial charge in [0.25, 0.3) is 0 Å². The minimum Gasteiger partial charge on any atom is -0.396 e. The molecule has 2 heterocycles. The molecule has 2 aromatic heterocycles. The Balaban J connectivity index is 1.91. The predicted molar refractivity (Wildman–Crippen MR) is 69.0 cm³/mol. The third-order valence-electron chi connectivity index (χ3n) is 4.70. The van der Waals surface area contributed by atoms with E-state index in [9.17, 15) is 9.90 Å². The predicted octanol–water partition coefficient (Wildman–Crippen LogP) is 0.890. The quantitative estimate of drug-likeness (QED) is 0.800. The summed E-state index contributed by atoms with van der Waals surface area (Å²) in [5, 5.41) is 9.50. The number of imidazole rings is 1. The molecule has 6 nitrogen and oxygen atoms in total. The highest BCUT2D eigenvalue weighted by molar-refractivity contribution is 6.28. The lowest BCUT2D eigenvalue weighted by molar-refractivity contribution is 0.135. The van der Waals surface area contributed by atoms with E-state index in [2.05, 4.69) is 15.0 Å². The van der Waals surface area contributed by atoms with Gasteiger partial charge in [-0.2, -0.15) is 4.98 Å². The average molecular weight is 281 g/mol. The smallest absolute Gasteiger partial charge is 0.328 e. The standard InChI is InChI=1S/C12H13ClN4O2/c13-10-14-4-8-9(16-10)17(11(19)15-8)12-1-6(2-12)7(3-12)5-18/h4,6-7,18H,1-3,5H2,(H,15,19)/t6?,7-,12?/m1/s1. The summed E-state index contributed by atoms with van der Waals surface area (Å²) in [6, 6.07) is 0. The number of nitrogens with one attached hydrogen (secondary N) is 1. The zero-order chi connectivity index (χ0) is 13.2. The monoisotopic (exact) mass is 280 g/mol. The maximum Gasteiger partial charge on any atom is 0.328 e. The molecule has 2 bridgehead atoms. The summed E-state index contributed by atoms with van der Waals surface area (Å²) >= 11 is 5.83. The third kappa shape index (κ3) is 1.38. The second-order valence-corrected chi connectivity index (χ2v) is 6.02. The van der Waals surface area contributed by atoms with Crippen molar-refractivity contribution in [3.8, 4) is 0 Å². The number of aliphatic hydroxyl groups excluding tert-OH is 1. The number of aliphatic hydroxyl groups is 1. The molecule has 0 amide bonds. The van der Waals surface area contributed by atoms with Gasteiger partial charge in [-0.05, 0) is 42.7 Å². The highest BCUT2D eigenvalue weighted by atomic mass is 35.5. The van der Waals surface area contributed by atoms with Crippen LogP contribution in [0.25, 0.3) is 11.2 Å². The number of hydrogen-bond donors (Lipinski definition) is 2. The van der Waals surface area contributed by atoms with Crippen LogP contribution in [0.1, 0.15) is 19.3 Å². The zero-order valence-corrected chi connectivity index (χ0v) is 10.9. The van der Waals surface area contributed by atoms with Gasteiger partial charge in [0.2, 0.25) is 5.28 Å². The minimum absolute atomic E-state index is 0.143. The molecule has 1 atom stereocenters. The lowest BCUT2D eigenvalue weighted by Crippen LogP contribution is -2.44. The summed E-state index contributed by atoms with van der Waals surface area (Å²) in [4.78, 5) is 23.0. The Labute approximate surface area is 113 Å². The van der Waals surface area contributed by atoms with Crippen molar-refractivity contribution in [1.82, 2.24) is 19.5 Å². The molecule has 3 fully saturated rings. The SMILES string of the molecule is O=c1[nH]c2cnc(Cl)nc2n1C12CC(C1)[C@@H](CO)C2. The Hall–Kier alpha value is -1.40. The molecular weight excluding hydrogens is 268 g/mol. The van der Waals surface area contributed by atoms with Gasteiger partial charge in [0.1, 0.15) is 5.52 Å². The number of halogens is 1. The number of nitrogens with zero attached hydrogens (tertiary/aromatic N) is 3. The third-order valence-corrected chi connectivity index (χ3v) is 4.88. The Morgan fingerprint density at radius 2 is 2.32 bits per heavy atom. The highest BCUT2D eigenvalue weighted by Gasteiger charge is 2.58. The van der Waals surface area contributed by atoms with Crippen LogP contribution < -0.4 is 5.69 Å². The number of hydrogen-bond acceptors (Lipinski definition) is 4. The highest BCUT2D eigenvalue weighted by Crippen LogP contribution is 2.59. The molecule has 0 aliphatic heterocycles. The largest absolute Gasteiger partial charge is 0.396 e. The second-order valence-electron chi connectivity index (χ2n) is 5.68. The molecule has 5 rings (SSSR count). The summed E-state index contributed by atoms with van der Waals surface area (Å²) in [6.45, 7) is 0.194. The van der Waals surface area contributed by atoms with Crippen LogP contribution in [0.15, 0.2) is 11.0 Å². The van der Waals surface area contributed by atoms with Gasteiger partial charge in [-0.25, -0.2) is 9.78 Å². The lowest BCUT2D eigenvalue weighted by atomic mass is 9.76. The Morgan fingerprint density at radius 1 is 1.53 bits per heavy atom. The molecule has 100 valence electrons. The van der Waals surface area contributed by atoms with Gasteiger partial charge in [-0.15, -0.1) is 0 Å². The minimum atomic E-state index is -0.189. The van der Waals surface area contributed by atoms with Crippen molar-refractivity contribution in [3.63, 3.8) is 0 Å². The molecular formula is C12H13ClN4O2. The summed E-state index contributed by atoms with van der Waals surface area (Å²) < 4.78 is 1.72. The first-order chi connectivity index (χ1) is 9.13. The van der Waals surface area contributed by atoms with E-state index in [0.717, 1.165) is 19.3 Å². The molecule has 3 saturated carbocycles. The molecule has 3 aliphatic carbocycles. The van der Waals surface area contributed by atoms with Crippen LogP contribution in [0.2, 0.25) is 5.28 Å². The first kappa shape index (κ1) is 11.4. The van der Waals surface area contributed by atoms with Gasteiger partial charge in [0.15, 0.2) is 5.65 Å². The fourth-order valence-corrected chi connectivity index (χ4v) is 4.01. The molecule has 7 heteroatoms. The number of aromatic nitrogens is 4. The molecule has 2 N–H and O–H groups in total. The molecule has 3 aliphatic rings. The zero-order valence-electron chi connectivity index (χ0n) is 10.1. The molecule has 0 saturated heterocycles. The van der Waals surface area contributed by atoms with E-state index in [4.69, 9.17) is 11.6 Å². The van der Waals surface area contributed by atoms with Crippen molar-refractivity contribution >= 4 is 22.8 Å². The van der Waals surface area contributed by atoms with E-state index in [1.807, 2.05) is 0 Å². The van der Waals surface area contributed by atoms with Crippen LogP contribution >= 0.6 is 11.6 Å². The van der Waals surface area contributed by atoms with Crippen LogP contribution in [0.5, 0.6) is 0 Å². The molecule has 19 heavy (non-hydrogen) atoms. The first-order valence-electron chi connectivity index (χ1n) is 6.37. The van der Waals surface area contributed by atoms with Crippen LogP contribution in [0.3, 0.4) is 0 Å². The van der Waals surface area contributed by atoms with E-state index in [1.165, 1.54) is 6.20 Å². The van der Waals surface area contributed by atoms with Crippen molar-refractivity contribution in [2.24, 2.45) is 11.8 Å². The number of H-pyrrole nitrogens is 1. The van der Waals surface area contributed by atoms with Crippen molar-refractivity contribution in [3.05, 3.63) is 22.0 Å². The van der Waals surface area contributed by atoms with E-state index < -0.39 is 0 Å². The summed E-state index contributed by atoms with van der Waals surface area (Å²) in [5.41, 5.74) is 0.829. The Kier molecular flexibility index (Phi) is 2.15. The molecule has 0 unspecified atom stereocenters. The van der Waals surface area contributed by atoms with Gasteiger partial charge in [0, 0.05) is 6.61 Å². The summed E-state index contributed by atoms with van der Waals surface area (Å²) in [6.07, 6.45) is 4.25. The average Bonchev–Trinajstić information content (AvgIpc) is 2.95. The number of aromatic amines is 1. The fraction of sp³-hybridized carbons (Fsp3) is 0.583. The molecule has 0 spiro atoms. The first-order valence-corrected chi connectivity index (χ1v) is 6.75. The van der Waals surface area contributed by atoms with Crippen molar-refractivity contribution in [2.75, 3.05) is 6.61 Å². The van der Waals surface area contributed by atoms with Gasteiger partial charge in [-0.1, -0.05) is 0 Å². The van der Waals surface area contributed by atoms with Crippen molar-refractivity contribution in [2.45, 2.75) is 24.8 Å². The van der Waals surface area contributed by atoms with Crippen LogP contribution in [-0.4, -0.2) is 31.2 Å². The lowest BCUT2D eigenvalue weighted by Gasteiger charge is -2.39. The molecule has 0 aromatic carbocycles. The topological polar surface area (TPSA) is 83.8 Å². The Bertz CT molecular complexity index is 716. The van der Waals surface area contributed by atoms with E-state index >= 15 is 0 Å². The molecule has 2 aromatic rings. The number of fused-ring (bicyclic) bond motifs is 2. The van der Waals surface area contributed by atoms with Crippen LogP contribution in [-0.2, 0) is 5.54 Å². The van der Waals surface area contributed by atoms with Crippen LogP contribution in [0.4, 0.5) is 0 Å². The van der Waals surface area contributed by atoms with Gasteiger partial charge < -0.3 is 10.1 Å². The Morgan fingerprint density at radius 3 is 3.00 bits per heavy atom. The van der Waals surface area contributed by atoms with Crippen molar-refractivity contribution in [1.29, 1.82) is 0 Å².